The highest BCUT2D eigenvalue weighted by Gasteiger charge is 2.38. The molecule has 0 aromatic rings. The van der Waals surface area contributed by atoms with Crippen LogP contribution in [0.2, 0.25) is 0 Å². The molecule has 0 heterocycles. The molecule has 0 aliphatic heterocycles. The summed E-state index contributed by atoms with van der Waals surface area (Å²) in [5.41, 5.74) is 16.8. The van der Waals surface area contributed by atoms with Crippen molar-refractivity contribution in [3.63, 3.8) is 0 Å². The molecule has 0 bridgehead atoms. The molecule has 11 atom stereocenters. The Kier molecular flexibility index (Phi) is 35.3. The number of carboxylic acids is 4. The van der Waals surface area contributed by atoms with Crippen molar-refractivity contribution < 1.29 is 82.8 Å². The Morgan fingerprint density at radius 2 is 0.716 bits per heavy atom. The molecule has 0 fully saturated rings. The third-order valence-electron chi connectivity index (χ3n) is 12.8. The van der Waals surface area contributed by atoms with Crippen molar-refractivity contribution >= 4 is 77.0 Å². The Labute approximate surface area is 473 Å². The minimum atomic E-state index is -1.88. The second-order valence-corrected chi connectivity index (χ2v) is 21.4. The molecular weight excluding hydrogens is 1060 g/mol. The molecule has 0 rings (SSSR count). The average molecular weight is 1160 g/mol. The highest BCUT2D eigenvalue weighted by atomic mass is 16.4. The monoisotopic (exact) mass is 1160 g/mol. The summed E-state index contributed by atoms with van der Waals surface area (Å²) in [5.74, 6) is -16.3. The second-order valence-electron chi connectivity index (χ2n) is 21.4. The summed E-state index contributed by atoms with van der Waals surface area (Å²) in [5, 5.41) is 60.9. The number of amides is 9. The van der Waals surface area contributed by atoms with E-state index < -0.39 is 187 Å². The molecule has 0 saturated heterocycles. The highest BCUT2D eigenvalue weighted by molar-refractivity contribution is 5.99. The van der Waals surface area contributed by atoms with E-state index in [9.17, 15) is 82.8 Å². The summed E-state index contributed by atoms with van der Waals surface area (Å²) in [6.07, 6.45) is -1.58. The van der Waals surface area contributed by atoms with Crippen molar-refractivity contribution in [1.29, 1.82) is 0 Å². The van der Waals surface area contributed by atoms with Gasteiger partial charge in [0, 0.05) is 12.8 Å². The molecule has 19 N–H and O–H groups in total. The Hall–Kier alpha value is -7.01. The molecule has 0 aromatic carbocycles. The Bertz CT molecular complexity index is 2130. The maximum absolute atomic E-state index is 14.1. The Morgan fingerprint density at radius 1 is 0.383 bits per heavy atom. The molecule has 0 saturated carbocycles. The van der Waals surface area contributed by atoms with Crippen LogP contribution < -0.4 is 65.1 Å². The zero-order chi connectivity index (χ0) is 62.3. The molecule has 0 aliphatic rings. The molecule has 0 radical (unpaired) electrons. The standard InChI is InChI=1S/C52H92N12O17/c1-10-29(8)42(51(79)59-34(52(80)81)16-12-14-22-54)64-50(78)41(28(6)7)63-46(74)33(18-20-39(67)68)57-45(73)32(17-19-38(65)66)58-47(75)35(23-26(2)3)61-49(77)37(25-40(69)70)62-48(76)36(24-27(4)5)60-44(72)31(15-11-13-21-53)56-43(71)30(9)55/h26-37,41-42H,10-25,53-55H2,1-9H3,(H,56,71)(H,57,73)(H,58,75)(H,59,79)(H,60,72)(H,61,77)(H,62,76)(H,63,74)(H,64,78)(H,65,66)(H,67,68)(H,69,70)(H,80,81)/t29-,30-,31-,32-,33-,34-,35-,36-,37-,41-,42-/m0/s1. The van der Waals surface area contributed by atoms with Crippen LogP contribution in [0.4, 0.5) is 0 Å². The first-order chi connectivity index (χ1) is 37.8. The van der Waals surface area contributed by atoms with Gasteiger partial charge in [0.15, 0.2) is 0 Å². The normalized spacial score (nSPS) is 15.3. The molecule has 0 aromatic heterocycles. The van der Waals surface area contributed by atoms with Gasteiger partial charge in [-0.05, 0) is 108 Å². The number of nitrogens with two attached hydrogens (primary N) is 3. The number of aliphatic carboxylic acids is 4. The van der Waals surface area contributed by atoms with Gasteiger partial charge in [-0.25, -0.2) is 4.79 Å². The summed E-state index contributed by atoms with van der Waals surface area (Å²) in [7, 11) is 0. The largest absolute Gasteiger partial charge is 0.481 e. The minimum absolute atomic E-state index is 0.0199. The lowest BCUT2D eigenvalue weighted by atomic mass is 9.95. The van der Waals surface area contributed by atoms with Crippen LogP contribution >= 0.6 is 0 Å². The summed E-state index contributed by atoms with van der Waals surface area (Å²) in [6.45, 7) is 15.2. The van der Waals surface area contributed by atoms with E-state index in [1.54, 1.807) is 41.5 Å². The maximum Gasteiger partial charge on any atom is 0.326 e. The lowest BCUT2D eigenvalue weighted by Gasteiger charge is -2.30. The number of carboxylic acid groups (broad SMARTS) is 4. The van der Waals surface area contributed by atoms with E-state index in [1.165, 1.54) is 20.8 Å². The van der Waals surface area contributed by atoms with E-state index in [1.807, 2.05) is 0 Å². The first kappa shape index (κ1) is 74.0. The van der Waals surface area contributed by atoms with Crippen LogP contribution in [0.15, 0.2) is 0 Å². The first-order valence-corrected chi connectivity index (χ1v) is 27.6. The number of unbranched alkanes of at least 4 members (excludes halogenated alkanes) is 2. The molecule has 9 amide bonds. The smallest absolute Gasteiger partial charge is 0.326 e. The van der Waals surface area contributed by atoms with Gasteiger partial charge in [-0.2, -0.15) is 0 Å². The average Bonchev–Trinajstić information content (AvgIpc) is 3.37. The summed E-state index contributed by atoms with van der Waals surface area (Å²) in [6, 6.07) is -14.6. The first-order valence-electron chi connectivity index (χ1n) is 27.6. The van der Waals surface area contributed by atoms with Gasteiger partial charge in [0.25, 0.3) is 0 Å². The highest BCUT2D eigenvalue weighted by Crippen LogP contribution is 2.15. The molecule has 29 heteroatoms. The third-order valence-corrected chi connectivity index (χ3v) is 12.8. The van der Waals surface area contributed by atoms with Gasteiger partial charge in [0.05, 0.1) is 12.5 Å². The van der Waals surface area contributed by atoms with Crippen LogP contribution in [-0.2, 0) is 62.3 Å². The van der Waals surface area contributed by atoms with Crippen LogP contribution in [0.5, 0.6) is 0 Å². The molecule has 0 unspecified atom stereocenters. The zero-order valence-corrected chi connectivity index (χ0v) is 48.2. The fourth-order valence-electron chi connectivity index (χ4n) is 8.03. The van der Waals surface area contributed by atoms with Gasteiger partial charge < -0.3 is 85.5 Å². The maximum atomic E-state index is 14.1. The number of hydrogen-bond acceptors (Lipinski definition) is 16. The molecule has 81 heavy (non-hydrogen) atoms. The number of rotatable bonds is 42. The number of nitrogens with one attached hydrogen (secondary N) is 9. The van der Waals surface area contributed by atoms with Gasteiger partial charge in [-0.1, -0.05) is 61.8 Å². The van der Waals surface area contributed by atoms with E-state index in [0.717, 1.165) is 0 Å². The number of hydrogen-bond donors (Lipinski definition) is 16. The van der Waals surface area contributed by atoms with Crippen LogP contribution in [-0.4, -0.2) is 171 Å². The summed E-state index contributed by atoms with van der Waals surface area (Å²) in [4.78, 5) is 171. The van der Waals surface area contributed by atoms with Gasteiger partial charge in [-0.3, -0.25) is 57.5 Å². The van der Waals surface area contributed by atoms with Crippen molar-refractivity contribution in [1.82, 2.24) is 47.9 Å². The summed E-state index contributed by atoms with van der Waals surface area (Å²) < 4.78 is 0. The van der Waals surface area contributed by atoms with E-state index in [4.69, 9.17) is 17.2 Å². The predicted molar refractivity (Wildman–Crippen MR) is 294 cm³/mol. The van der Waals surface area contributed by atoms with Crippen LogP contribution in [0.3, 0.4) is 0 Å². The lowest BCUT2D eigenvalue weighted by molar-refractivity contribution is -0.143. The zero-order valence-electron chi connectivity index (χ0n) is 48.2. The lowest BCUT2D eigenvalue weighted by Crippen LogP contribution is -2.61. The molecule has 0 spiro atoms. The van der Waals surface area contributed by atoms with Crippen molar-refractivity contribution in [2.45, 2.75) is 213 Å². The van der Waals surface area contributed by atoms with Gasteiger partial charge >= 0.3 is 23.9 Å². The van der Waals surface area contributed by atoms with Crippen molar-refractivity contribution in [2.75, 3.05) is 13.1 Å². The van der Waals surface area contributed by atoms with Gasteiger partial charge in [-0.15, -0.1) is 0 Å². The van der Waals surface area contributed by atoms with E-state index >= 15 is 0 Å². The number of carbonyl (C=O) groups is 13. The fourth-order valence-corrected chi connectivity index (χ4v) is 8.03. The predicted octanol–water partition coefficient (Wildman–Crippen LogP) is -1.96. The van der Waals surface area contributed by atoms with Crippen molar-refractivity contribution in [2.24, 2.45) is 40.9 Å². The topological polar surface area (TPSA) is 489 Å². The SMILES string of the molecule is CC[C@H](C)[C@H](NC(=O)[C@@H](NC(=O)[C@H](CCC(=O)O)NC(=O)[C@H](CCC(=O)O)NC(=O)[C@H](CC(C)C)NC(=O)[C@H](CC(=O)O)NC(=O)[C@H](CC(C)C)NC(=O)[C@H](CCCCN)NC(=O)[C@H](C)N)C(C)C)C(=O)N[C@@H](CCCCN)C(=O)O. The van der Waals surface area contributed by atoms with E-state index in [-0.39, 0.29) is 31.6 Å². The minimum Gasteiger partial charge on any atom is -0.481 e. The van der Waals surface area contributed by atoms with Gasteiger partial charge in [0.2, 0.25) is 53.2 Å². The van der Waals surface area contributed by atoms with E-state index in [0.29, 0.717) is 45.2 Å². The Balaban J connectivity index is 6.89. The molecule has 462 valence electrons. The number of carbonyl (C=O) groups excluding carboxylic acids is 9. The fraction of sp³-hybridized carbons (Fsp3) is 0.750. The quantitative estimate of drug-likeness (QED) is 0.0295. The second kappa shape index (κ2) is 38.6. The van der Waals surface area contributed by atoms with Crippen LogP contribution in [0.25, 0.3) is 0 Å². The third kappa shape index (κ3) is 29.9. The van der Waals surface area contributed by atoms with Crippen molar-refractivity contribution in [3.05, 3.63) is 0 Å². The van der Waals surface area contributed by atoms with Crippen LogP contribution in [0.1, 0.15) is 152 Å². The van der Waals surface area contributed by atoms with Gasteiger partial charge in [0.1, 0.15) is 54.4 Å². The van der Waals surface area contributed by atoms with Crippen molar-refractivity contribution in [3.8, 4) is 0 Å². The molecular formula is C52H92N12O17. The molecule has 0 aliphatic carbocycles. The van der Waals surface area contributed by atoms with Crippen LogP contribution in [0, 0.1) is 23.7 Å². The molecule has 29 nitrogen and oxygen atoms in total. The van der Waals surface area contributed by atoms with E-state index in [2.05, 4.69) is 47.9 Å². The Morgan fingerprint density at radius 3 is 1.09 bits per heavy atom. The summed E-state index contributed by atoms with van der Waals surface area (Å²) >= 11 is 0.